The van der Waals surface area contributed by atoms with E-state index >= 15 is 0 Å². The summed E-state index contributed by atoms with van der Waals surface area (Å²) in [5.74, 6) is 1.85. The van der Waals surface area contributed by atoms with E-state index in [4.69, 9.17) is 9.73 Å². The smallest absolute Gasteiger partial charge is 0.157 e. The Balaban J connectivity index is 0.00000161. The highest BCUT2D eigenvalue weighted by atomic mass is 79.9. The number of rotatable bonds is 4. The van der Waals surface area contributed by atoms with E-state index < -0.39 is 0 Å². The molecule has 6 heteroatoms. The van der Waals surface area contributed by atoms with E-state index in [0.717, 1.165) is 21.1 Å². The Morgan fingerprint density at radius 3 is 2.76 bits per heavy atom. The van der Waals surface area contributed by atoms with E-state index in [1.807, 2.05) is 24.3 Å². The monoisotopic (exact) mass is 434 g/mol. The molecule has 0 aromatic heterocycles. The van der Waals surface area contributed by atoms with E-state index in [2.05, 4.69) is 21.2 Å². The lowest BCUT2D eigenvalue weighted by molar-refractivity contribution is 0.344. The van der Waals surface area contributed by atoms with Crippen LogP contribution in [-0.2, 0) is 0 Å². The number of amidine groups is 1. The van der Waals surface area contributed by atoms with Crippen LogP contribution < -0.4 is 10.1 Å². The van der Waals surface area contributed by atoms with Gasteiger partial charge in [-0.1, -0.05) is 40.5 Å². The van der Waals surface area contributed by atoms with Crippen molar-refractivity contribution in [2.24, 2.45) is 4.99 Å². The Bertz CT molecular complexity index is 481. The lowest BCUT2D eigenvalue weighted by Gasteiger charge is -2.23. The molecule has 1 aromatic carbocycles. The molecule has 1 N–H and O–H groups in total. The molecule has 0 bridgehead atoms. The SMILES string of the molecule is Br.Brc1ccc(OCCSC2=NC3CCCCC3N2)cc1. The van der Waals surface area contributed by atoms with Crippen LogP contribution in [0.15, 0.2) is 33.7 Å². The van der Waals surface area contributed by atoms with Crippen molar-refractivity contribution in [1.29, 1.82) is 0 Å². The van der Waals surface area contributed by atoms with E-state index in [9.17, 15) is 0 Å². The third-order valence-electron chi connectivity index (χ3n) is 3.73. The number of nitrogens with one attached hydrogen (secondary N) is 1. The molecule has 0 spiro atoms. The second-order valence-electron chi connectivity index (χ2n) is 5.19. The average Bonchev–Trinajstić information content (AvgIpc) is 2.88. The number of hydrogen-bond donors (Lipinski definition) is 1. The molecule has 1 aromatic rings. The fourth-order valence-corrected chi connectivity index (χ4v) is 3.76. The van der Waals surface area contributed by atoms with Gasteiger partial charge in [0.1, 0.15) is 5.75 Å². The van der Waals surface area contributed by atoms with Crippen LogP contribution in [0.1, 0.15) is 25.7 Å². The molecule has 0 radical (unpaired) electrons. The lowest BCUT2D eigenvalue weighted by Crippen LogP contribution is -2.36. The Morgan fingerprint density at radius 1 is 1.24 bits per heavy atom. The van der Waals surface area contributed by atoms with Crippen molar-refractivity contribution in [2.45, 2.75) is 37.8 Å². The molecule has 0 saturated heterocycles. The van der Waals surface area contributed by atoms with Gasteiger partial charge in [-0.05, 0) is 37.1 Å². The number of benzene rings is 1. The van der Waals surface area contributed by atoms with Gasteiger partial charge in [0.25, 0.3) is 0 Å². The zero-order valence-electron chi connectivity index (χ0n) is 11.8. The third kappa shape index (κ3) is 4.89. The van der Waals surface area contributed by atoms with Crippen molar-refractivity contribution >= 4 is 49.8 Å². The van der Waals surface area contributed by atoms with Crippen molar-refractivity contribution < 1.29 is 4.74 Å². The summed E-state index contributed by atoms with van der Waals surface area (Å²) in [6.45, 7) is 0.711. The molecule has 2 aliphatic rings. The molecule has 3 rings (SSSR count). The van der Waals surface area contributed by atoms with Crippen molar-refractivity contribution in [2.75, 3.05) is 12.4 Å². The fourth-order valence-electron chi connectivity index (χ4n) is 2.69. The Labute approximate surface area is 149 Å². The zero-order valence-corrected chi connectivity index (χ0v) is 15.9. The maximum absolute atomic E-state index is 5.72. The lowest BCUT2D eigenvalue weighted by atomic mass is 9.92. The minimum Gasteiger partial charge on any atom is -0.493 e. The largest absolute Gasteiger partial charge is 0.493 e. The second-order valence-corrected chi connectivity index (χ2v) is 7.19. The summed E-state index contributed by atoms with van der Waals surface area (Å²) in [4.78, 5) is 4.77. The number of thioether (sulfide) groups is 1. The number of aliphatic imine (C=N–C) groups is 1. The number of nitrogens with zero attached hydrogens (tertiary/aromatic N) is 1. The average molecular weight is 436 g/mol. The first kappa shape index (κ1) is 17.2. The highest BCUT2D eigenvalue weighted by Crippen LogP contribution is 2.27. The number of hydrogen-bond acceptors (Lipinski definition) is 4. The Hall–Kier alpha value is -0.200. The minimum absolute atomic E-state index is 0. The predicted octanol–water partition coefficient (Wildman–Crippen LogP) is 4.41. The van der Waals surface area contributed by atoms with E-state index in [1.165, 1.54) is 25.7 Å². The van der Waals surface area contributed by atoms with Gasteiger partial charge in [-0.15, -0.1) is 17.0 Å². The van der Waals surface area contributed by atoms with Gasteiger partial charge >= 0.3 is 0 Å². The summed E-state index contributed by atoms with van der Waals surface area (Å²) in [6, 6.07) is 9.08. The molecule has 116 valence electrons. The standard InChI is InChI=1S/C15H19BrN2OS.BrH/c16-11-5-7-12(8-6-11)19-9-10-20-15-17-13-3-1-2-4-14(13)18-15;/h5-8,13-14H,1-4,9-10H2,(H,17,18);1H. The number of halogens is 2. The van der Waals surface area contributed by atoms with Crippen LogP contribution in [0.2, 0.25) is 0 Å². The summed E-state index contributed by atoms with van der Waals surface area (Å²) in [5, 5.41) is 4.66. The molecule has 1 aliphatic heterocycles. The molecule has 2 unspecified atom stereocenters. The van der Waals surface area contributed by atoms with Crippen LogP contribution in [0.3, 0.4) is 0 Å². The number of ether oxygens (including phenoxy) is 1. The van der Waals surface area contributed by atoms with E-state index in [-0.39, 0.29) is 17.0 Å². The molecule has 1 saturated carbocycles. The Kier molecular flexibility index (Phi) is 6.89. The predicted molar refractivity (Wildman–Crippen MR) is 99.0 cm³/mol. The summed E-state index contributed by atoms with van der Waals surface area (Å²) in [7, 11) is 0. The van der Waals surface area contributed by atoms with E-state index in [1.54, 1.807) is 11.8 Å². The molecule has 0 amide bonds. The highest BCUT2D eigenvalue weighted by Gasteiger charge is 2.30. The second kappa shape index (κ2) is 8.44. The fraction of sp³-hybridized carbons (Fsp3) is 0.533. The molecule has 2 atom stereocenters. The van der Waals surface area contributed by atoms with Crippen molar-refractivity contribution in [3.63, 3.8) is 0 Å². The van der Waals surface area contributed by atoms with Gasteiger partial charge < -0.3 is 10.1 Å². The highest BCUT2D eigenvalue weighted by molar-refractivity contribution is 9.10. The first-order chi connectivity index (χ1) is 9.81. The van der Waals surface area contributed by atoms with Gasteiger partial charge in [-0.3, -0.25) is 4.99 Å². The van der Waals surface area contributed by atoms with Crippen molar-refractivity contribution in [3.8, 4) is 5.75 Å². The molecule has 1 aliphatic carbocycles. The van der Waals surface area contributed by atoms with Crippen molar-refractivity contribution in [3.05, 3.63) is 28.7 Å². The molecule has 1 fully saturated rings. The van der Waals surface area contributed by atoms with Crippen LogP contribution in [0, 0.1) is 0 Å². The van der Waals surface area contributed by atoms with Crippen LogP contribution in [0.4, 0.5) is 0 Å². The van der Waals surface area contributed by atoms with Gasteiger partial charge in [0.05, 0.1) is 18.7 Å². The van der Waals surface area contributed by atoms with Crippen LogP contribution in [0.5, 0.6) is 5.75 Å². The van der Waals surface area contributed by atoms with Gasteiger partial charge in [-0.2, -0.15) is 0 Å². The molecular weight excluding hydrogens is 416 g/mol. The topological polar surface area (TPSA) is 33.6 Å². The van der Waals surface area contributed by atoms with Gasteiger partial charge in [0.15, 0.2) is 5.17 Å². The summed E-state index contributed by atoms with van der Waals surface area (Å²) in [5.41, 5.74) is 0. The quantitative estimate of drug-likeness (QED) is 0.711. The van der Waals surface area contributed by atoms with Gasteiger partial charge in [0, 0.05) is 10.2 Å². The maximum atomic E-state index is 5.72. The normalized spacial score (nSPS) is 23.6. The number of fused-ring (bicyclic) bond motifs is 1. The van der Waals surface area contributed by atoms with Crippen LogP contribution in [0.25, 0.3) is 0 Å². The summed E-state index contributed by atoms with van der Waals surface area (Å²) >= 11 is 5.20. The maximum Gasteiger partial charge on any atom is 0.157 e. The summed E-state index contributed by atoms with van der Waals surface area (Å²) in [6.07, 6.45) is 5.19. The molecule has 21 heavy (non-hydrogen) atoms. The van der Waals surface area contributed by atoms with Crippen LogP contribution >= 0.6 is 44.7 Å². The Morgan fingerprint density at radius 2 is 2.00 bits per heavy atom. The summed E-state index contributed by atoms with van der Waals surface area (Å²) < 4.78 is 6.79. The van der Waals surface area contributed by atoms with Gasteiger partial charge in [0.2, 0.25) is 0 Å². The minimum atomic E-state index is 0. The molecular formula is C15H20Br2N2OS. The first-order valence-electron chi connectivity index (χ1n) is 7.17. The molecule has 1 heterocycles. The molecule has 3 nitrogen and oxygen atoms in total. The first-order valence-corrected chi connectivity index (χ1v) is 8.94. The zero-order chi connectivity index (χ0) is 13.8. The van der Waals surface area contributed by atoms with Gasteiger partial charge in [-0.25, -0.2) is 0 Å². The third-order valence-corrected chi connectivity index (χ3v) is 5.12. The van der Waals surface area contributed by atoms with Crippen molar-refractivity contribution in [1.82, 2.24) is 5.32 Å². The van der Waals surface area contributed by atoms with E-state index in [0.29, 0.717) is 18.7 Å². The van der Waals surface area contributed by atoms with Crippen LogP contribution in [-0.4, -0.2) is 29.6 Å².